The van der Waals surface area contributed by atoms with Crippen LogP contribution in [0.4, 0.5) is 5.69 Å². The topological polar surface area (TPSA) is 116 Å². The van der Waals surface area contributed by atoms with E-state index in [2.05, 4.69) is 15.2 Å². The number of primary amides is 1. The SMILES string of the molecule is COC(=O)Cn1ncc(NC(C)(C)CC(N)=O)c(Cl)c1=O. The molecule has 21 heavy (non-hydrogen) atoms. The number of halogens is 1. The average molecular weight is 317 g/mol. The first-order valence-electron chi connectivity index (χ1n) is 6.05. The number of esters is 1. The fourth-order valence-corrected chi connectivity index (χ4v) is 1.89. The highest BCUT2D eigenvalue weighted by Crippen LogP contribution is 2.22. The summed E-state index contributed by atoms with van der Waals surface area (Å²) in [4.78, 5) is 34.1. The first-order chi connectivity index (χ1) is 9.66. The monoisotopic (exact) mass is 316 g/mol. The zero-order chi connectivity index (χ0) is 16.2. The molecule has 0 saturated carbocycles. The number of amides is 1. The maximum absolute atomic E-state index is 12.0. The van der Waals surface area contributed by atoms with Crippen LogP contribution in [-0.4, -0.2) is 34.3 Å². The molecule has 1 rings (SSSR count). The number of methoxy groups -OCH3 is 1. The Bertz CT molecular complexity index is 612. The third-order valence-electron chi connectivity index (χ3n) is 2.58. The highest BCUT2D eigenvalue weighted by atomic mass is 35.5. The Balaban J connectivity index is 3.02. The van der Waals surface area contributed by atoms with Gasteiger partial charge in [0, 0.05) is 12.0 Å². The first-order valence-corrected chi connectivity index (χ1v) is 6.43. The van der Waals surface area contributed by atoms with Crippen LogP contribution < -0.4 is 16.6 Å². The summed E-state index contributed by atoms with van der Waals surface area (Å²) < 4.78 is 5.34. The molecule has 0 spiro atoms. The molecule has 3 N–H and O–H groups in total. The van der Waals surface area contributed by atoms with Crippen LogP contribution in [0.15, 0.2) is 11.0 Å². The number of hydrogen-bond donors (Lipinski definition) is 2. The third kappa shape index (κ3) is 4.75. The molecular weight excluding hydrogens is 300 g/mol. The van der Waals surface area contributed by atoms with Crippen LogP contribution in [0, 0.1) is 0 Å². The van der Waals surface area contributed by atoms with Crippen molar-refractivity contribution in [2.24, 2.45) is 5.73 Å². The molecule has 1 heterocycles. The van der Waals surface area contributed by atoms with Gasteiger partial charge >= 0.3 is 5.97 Å². The molecule has 0 aromatic carbocycles. The summed E-state index contributed by atoms with van der Waals surface area (Å²) in [6.45, 7) is 3.13. The minimum absolute atomic E-state index is 0.0502. The number of anilines is 1. The molecule has 9 heteroatoms. The number of aromatic nitrogens is 2. The molecule has 0 fully saturated rings. The molecule has 0 aliphatic carbocycles. The minimum atomic E-state index is -0.696. The lowest BCUT2D eigenvalue weighted by Crippen LogP contribution is -2.37. The van der Waals surface area contributed by atoms with Crippen molar-refractivity contribution in [2.75, 3.05) is 12.4 Å². The predicted octanol–water partition coefficient (Wildman–Crippen LogP) is 0.136. The van der Waals surface area contributed by atoms with Crippen molar-refractivity contribution in [3.05, 3.63) is 21.6 Å². The second-order valence-corrected chi connectivity index (χ2v) is 5.44. The van der Waals surface area contributed by atoms with E-state index in [0.717, 1.165) is 4.68 Å². The molecule has 8 nitrogen and oxygen atoms in total. The van der Waals surface area contributed by atoms with E-state index in [4.69, 9.17) is 17.3 Å². The van der Waals surface area contributed by atoms with Gasteiger partial charge in [0.25, 0.3) is 5.56 Å². The molecule has 1 aromatic heterocycles. The lowest BCUT2D eigenvalue weighted by Gasteiger charge is -2.26. The Labute approximate surface area is 126 Å². The number of rotatable bonds is 6. The molecular formula is C12H17ClN4O4. The molecule has 116 valence electrons. The maximum Gasteiger partial charge on any atom is 0.327 e. The number of carbonyl (C=O) groups is 2. The summed E-state index contributed by atoms with van der Waals surface area (Å²) in [6, 6.07) is 0. The Kier molecular flexibility index (Phi) is 5.31. The van der Waals surface area contributed by atoms with E-state index in [-0.39, 0.29) is 23.7 Å². The molecule has 0 atom stereocenters. The van der Waals surface area contributed by atoms with Gasteiger partial charge in [-0.3, -0.25) is 14.4 Å². The fourth-order valence-electron chi connectivity index (χ4n) is 1.70. The van der Waals surface area contributed by atoms with Crippen molar-refractivity contribution in [3.63, 3.8) is 0 Å². The number of nitrogens with two attached hydrogens (primary N) is 1. The lowest BCUT2D eigenvalue weighted by molar-refractivity contribution is -0.141. The quantitative estimate of drug-likeness (QED) is 0.721. The third-order valence-corrected chi connectivity index (χ3v) is 2.95. The lowest BCUT2D eigenvalue weighted by atomic mass is 10.00. The van der Waals surface area contributed by atoms with E-state index < -0.39 is 23.0 Å². The van der Waals surface area contributed by atoms with Gasteiger partial charge in [0.1, 0.15) is 11.6 Å². The van der Waals surface area contributed by atoms with Gasteiger partial charge in [-0.25, -0.2) is 4.68 Å². The van der Waals surface area contributed by atoms with Crippen LogP contribution in [0.5, 0.6) is 0 Å². The van der Waals surface area contributed by atoms with Gasteiger partial charge in [-0.2, -0.15) is 5.10 Å². The minimum Gasteiger partial charge on any atom is -0.468 e. The van der Waals surface area contributed by atoms with Crippen LogP contribution in [0.25, 0.3) is 0 Å². The van der Waals surface area contributed by atoms with Gasteiger partial charge in [-0.05, 0) is 13.8 Å². The van der Waals surface area contributed by atoms with E-state index in [9.17, 15) is 14.4 Å². The second-order valence-electron chi connectivity index (χ2n) is 5.06. The van der Waals surface area contributed by atoms with Crippen LogP contribution in [0.2, 0.25) is 5.02 Å². The number of ether oxygens (including phenoxy) is 1. The van der Waals surface area contributed by atoms with Gasteiger partial charge in [0.15, 0.2) is 0 Å². The van der Waals surface area contributed by atoms with Gasteiger partial charge in [0.2, 0.25) is 5.91 Å². The fraction of sp³-hybridized carbons (Fsp3) is 0.500. The van der Waals surface area contributed by atoms with Gasteiger partial charge in [-0.15, -0.1) is 0 Å². The first kappa shape index (κ1) is 17.0. The van der Waals surface area contributed by atoms with E-state index in [1.54, 1.807) is 13.8 Å². The standard InChI is InChI=1S/C12H17ClN4O4/c1-12(2,4-8(14)18)16-7-5-15-17(6-9(19)21-3)11(20)10(7)13/h5,16H,4,6H2,1-3H3,(H2,14,18). The Morgan fingerprint density at radius 3 is 2.67 bits per heavy atom. The highest BCUT2D eigenvalue weighted by Gasteiger charge is 2.23. The normalized spacial score (nSPS) is 11.0. The summed E-state index contributed by atoms with van der Waals surface area (Å²) >= 11 is 5.96. The molecule has 0 radical (unpaired) electrons. The van der Waals surface area contributed by atoms with E-state index in [1.165, 1.54) is 13.3 Å². The molecule has 0 aliphatic rings. The molecule has 0 saturated heterocycles. The molecule has 1 amide bonds. The number of carbonyl (C=O) groups excluding carboxylic acids is 2. The van der Waals surface area contributed by atoms with Gasteiger partial charge < -0.3 is 15.8 Å². The van der Waals surface area contributed by atoms with Crippen molar-refractivity contribution in [2.45, 2.75) is 32.4 Å². The van der Waals surface area contributed by atoms with Crippen LogP contribution in [0.3, 0.4) is 0 Å². The molecule has 0 bridgehead atoms. The van der Waals surface area contributed by atoms with Crippen molar-refractivity contribution in [3.8, 4) is 0 Å². The molecule has 0 unspecified atom stereocenters. The number of nitrogens with zero attached hydrogens (tertiary/aromatic N) is 2. The maximum atomic E-state index is 12.0. The molecule has 1 aromatic rings. The Hall–Kier alpha value is -2.09. The van der Waals surface area contributed by atoms with Crippen molar-refractivity contribution in [1.82, 2.24) is 9.78 Å². The Morgan fingerprint density at radius 2 is 2.14 bits per heavy atom. The summed E-state index contributed by atoms with van der Waals surface area (Å²) in [7, 11) is 1.21. The summed E-state index contributed by atoms with van der Waals surface area (Å²) in [5.41, 5.74) is 4.07. The summed E-state index contributed by atoms with van der Waals surface area (Å²) in [5.74, 6) is -1.11. The number of nitrogens with one attached hydrogen (secondary N) is 1. The van der Waals surface area contributed by atoms with Gasteiger partial charge in [0.05, 0.1) is 19.0 Å². The van der Waals surface area contributed by atoms with Crippen LogP contribution in [0.1, 0.15) is 20.3 Å². The van der Waals surface area contributed by atoms with Crippen LogP contribution >= 0.6 is 11.6 Å². The Morgan fingerprint density at radius 1 is 1.52 bits per heavy atom. The van der Waals surface area contributed by atoms with Crippen molar-refractivity contribution >= 4 is 29.2 Å². The summed E-state index contributed by atoms with van der Waals surface area (Å²) in [6.07, 6.45) is 1.35. The number of hydrogen-bond acceptors (Lipinski definition) is 6. The zero-order valence-corrected chi connectivity index (χ0v) is 12.7. The van der Waals surface area contributed by atoms with Gasteiger partial charge in [-0.1, -0.05) is 11.6 Å². The van der Waals surface area contributed by atoms with E-state index in [0.29, 0.717) is 0 Å². The van der Waals surface area contributed by atoms with E-state index >= 15 is 0 Å². The average Bonchev–Trinajstić information content (AvgIpc) is 2.36. The smallest absolute Gasteiger partial charge is 0.327 e. The van der Waals surface area contributed by atoms with Crippen molar-refractivity contribution < 1.29 is 14.3 Å². The second kappa shape index (κ2) is 6.57. The predicted molar refractivity (Wildman–Crippen MR) is 77.0 cm³/mol. The molecule has 0 aliphatic heterocycles. The largest absolute Gasteiger partial charge is 0.468 e. The highest BCUT2D eigenvalue weighted by molar-refractivity contribution is 6.33. The zero-order valence-electron chi connectivity index (χ0n) is 12.0. The van der Waals surface area contributed by atoms with Crippen molar-refractivity contribution in [1.29, 1.82) is 0 Å². The summed E-state index contributed by atoms with van der Waals surface area (Å²) in [5, 5.41) is 6.63. The van der Waals surface area contributed by atoms with Crippen LogP contribution in [-0.2, 0) is 20.9 Å². The van der Waals surface area contributed by atoms with E-state index in [1.807, 2.05) is 0 Å².